The standard InChI is InChI=1S/C17H18BrFO/c1-10-6-11(2)14(12(3)7-10)9-17(20)15-8-13(19)4-5-16(15)18/h4-8,17,20H,9H2,1-3H3. The van der Waals surface area contributed by atoms with Gasteiger partial charge in [-0.1, -0.05) is 33.6 Å². The molecule has 2 rings (SSSR count). The predicted octanol–water partition coefficient (Wildman–Crippen LogP) is 4.79. The van der Waals surface area contributed by atoms with Gasteiger partial charge in [-0.2, -0.15) is 0 Å². The molecule has 0 bridgehead atoms. The van der Waals surface area contributed by atoms with Crippen molar-refractivity contribution in [3.63, 3.8) is 0 Å². The highest BCUT2D eigenvalue weighted by Gasteiger charge is 2.15. The molecule has 1 N–H and O–H groups in total. The first-order valence-corrected chi connectivity index (χ1v) is 7.37. The molecule has 0 spiro atoms. The molecule has 0 heterocycles. The van der Waals surface area contributed by atoms with Gasteiger partial charge in [0.05, 0.1) is 6.10 Å². The second-order valence-electron chi connectivity index (χ2n) is 5.26. The van der Waals surface area contributed by atoms with E-state index in [-0.39, 0.29) is 5.82 Å². The Bertz CT molecular complexity index is 614. The number of aryl methyl sites for hydroxylation is 3. The van der Waals surface area contributed by atoms with E-state index in [4.69, 9.17) is 0 Å². The van der Waals surface area contributed by atoms with Crippen LogP contribution in [-0.4, -0.2) is 5.11 Å². The fraction of sp³-hybridized carbons (Fsp3) is 0.294. The predicted molar refractivity (Wildman–Crippen MR) is 83.4 cm³/mol. The van der Waals surface area contributed by atoms with Crippen molar-refractivity contribution in [2.45, 2.75) is 33.3 Å². The van der Waals surface area contributed by atoms with Crippen molar-refractivity contribution in [3.8, 4) is 0 Å². The third-order valence-electron chi connectivity index (χ3n) is 3.55. The molecule has 1 nitrogen and oxygen atoms in total. The van der Waals surface area contributed by atoms with Gasteiger partial charge in [0.15, 0.2) is 0 Å². The van der Waals surface area contributed by atoms with Crippen LogP contribution in [0.3, 0.4) is 0 Å². The molecular formula is C17H18BrFO. The zero-order valence-electron chi connectivity index (χ0n) is 11.9. The Morgan fingerprint density at radius 2 is 1.70 bits per heavy atom. The van der Waals surface area contributed by atoms with Gasteiger partial charge in [0.25, 0.3) is 0 Å². The van der Waals surface area contributed by atoms with Crippen LogP contribution < -0.4 is 0 Å². The Hall–Kier alpha value is -1.19. The molecule has 0 aliphatic heterocycles. The van der Waals surface area contributed by atoms with E-state index in [1.165, 1.54) is 17.7 Å². The van der Waals surface area contributed by atoms with E-state index in [2.05, 4.69) is 35.0 Å². The van der Waals surface area contributed by atoms with Gasteiger partial charge in [0, 0.05) is 10.9 Å². The smallest absolute Gasteiger partial charge is 0.123 e. The zero-order chi connectivity index (χ0) is 14.9. The average Bonchev–Trinajstić information content (AvgIpc) is 2.36. The van der Waals surface area contributed by atoms with Crippen LogP contribution in [0.25, 0.3) is 0 Å². The number of hydrogen-bond acceptors (Lipinski definition) is 1. The molecular weight excluding hydrogens is 319 g/mol. The summed E-state index contributed by atoms with van der Waals surface area (Å²) < 4.78 is 14.1. The fourth-order valence-corrected chi connectivity index (χ4v) is 3.12. The van der Waals surface area contributed by atoms with Crippen LogP contribution in [0, 0.1) is 26.6 Å². The van der Waals surface area contributed by atoms with Crippen LogP contribution in [0.15, 0.2) is 34.8 Å². The van der Waals surface area contributed by atoms with Crippen LogP contribution in [0.5, 0.6) is 0 Å². The van der Waals surface area contributed by atoms with E-state index >= 15 is 0 Å². The number of hydrogen-bond donors (Lipinski definition) is 1. The van der Waals surface area contributed by atoms with Crippen LogP contribution in [-0.2, 0) is 6.42 Å². The molecule has 0 saturated heterocycles. The number of aliphatic hydroxyl groups excluding tert-OH is 1. The summed E-state index contributed by atoms with van der Waals surface area (Å²) in [5.41, 5.74) is 5.25. The lowest BCUT2D eigenvalue weighted by Gasteiger charge is -2.17. The average molecular weight is 337 g/mol. The van der Waals surface area contributed by atoms with Crippen molar-refractivity contribution in [1.82, 2.24) is 0 Å². The van der Waals surface area contributed by atoms with Crippen LogP contribution in [0.2, 0.25) is 0 Å². The molecule has 0 radical (unpaired) electrons. The fourth-order valence-electron chi connectivity index (χ4n) is 2.61. The molecule has 2 aromatic carbocycles. The highest BCUT2D eigenvalue weighted by molar-refractivity contribution is 9.10. The largest absolute Gasteiger partial charge is 0.388 e. The molecule has 0 fully saturated rings. The van der Waals surface area contributed by atoms with E-state index in [0.29, 0.717) is 12.0 Å². The Balaban J connectivity index is 2.32. The normalized spacial score (nSPS) is 12.5. The molecule has 1 unspecified atom stereocenters. The van der Waals surface area contributed by atoms with Gasteiger partial charge < -0.3 is 5.11 Å². The summed E-state index contributed by atoms with van der Waals surface area (Å²) in [6, 6.07) is 8.60. The molecule has 0 aromatic heterocycles. The van der Waals surface area contributed by atoms with Gasteiger partial charge in [-0.15, -0.1) is 0 Å². The maximum atomic E-state index is 13.3. The molecule has 1 atom stereocenters. The highest BCUT2D eigenvalue weighted by Crippen LogP contribution is 2.29. The van der Waals surface area contributed by atoms with E-state index in [0.717, 1.165) is 21.2 Å². The van der Waals surface area contributed by atoms with E-state index < -0.39 is 6.10 Å². The van der Waals surface area contributed by atoms with E-state index in [9.17, 15) is 9.50 Å². The molecule has 3 heteroatoms. The summed E-state index contributed by atoms with van der Waals surface area (Å²) >= 11 is 3.37. The minimum atomic E-state index is -0.722. The molecule has 106 valence electrons. The Labute approximate surface area is 127 Å². The van der Waals surface area contributed by atoms with Crippen molar-refractivity contribution in [3.05, 3.63) is 68.4 Å². The maximum absolute atomic E-state index is 13.3. The van der Waals surface area contributed by atoms with Crippen LogP contribution in [0.1, 0.15) is 33.9 Å². The Morgan fingerprint density at radius 1 is 1.10 bits per heavy atom. The summed E-state index contributed by atoms with van der Waals surface area (Å²) in [4.78, 5) is 0. The van der Waals surface area contributed by atoms with Crippen molar-refractivity contribution >= 4 is 15.9 Å². The highest BCUT2D eigenvalue weighted by atomic mass is 79.9. The van der Waals surface area contributed by atoms with Crippen molar-refractivity contribution in [2.24, 2.45) is 0 Å². The third-order valence-corrected chi connectivity index (χ3v) is 4.28. The molecule has 0 amide bonds. The molecule has 0 saturated carbocycles. The van der Waals surface area contributed by atoms with Crippen LogP contribution in [0.4, 0.5) is 4.39 Å². The first kappa shape index (κ1) is 15.2. The van der Waals surface area contributed by atoms with Crippen LogP contribution >= 0.6 is 15.9 Å². The number of halogens is 2. The Morgan fingerprint density at radius 3 is 2.30 bits per heavy atom. The van der Waals surface area contributed by atoms with Crippen molar-refractivity contribution in [1.29, 1.82) is 0 Å². The summed E-state index contributed by atoms with van der Waals surface area (Å²) in [6.45, 7) is 6.15. The first-order chi connectivity index (χ1) is 9.38. The number of rotatable bonds is 3. The topological polar surface area (TPSA) is 20.2 Å². The van der Waals surface area contributed by atoms with Crippen molar-refractivity contribution < 1.29 is 9.50 Å². The molecule has 0 aliphatic rings. The lowest BCUT2D eigenvalue weighted by molar-refractivity contribution is 0.177. The van der Waals surface area contributed by atoms with Gasteiger partial charge in [-0.05, 0) is 61.2 Å². The monoisotopic (exact) mass is 336 g/mol. The summed E-state index contributed by atoms with van der Waals surface area (Å²) in [5, 5.41) is 10.4. The summed E-state index contributed by atoms with van der Waals surface area (Å²) in [6.07, 6.45) is -0.236. The quantitative estimate of drug-likeness (QED) is 0.854. The Kier molecular flexibility index (Phi) is 4.61. The minimum absolute atomic E-state index is 0.334. The van der Waals surface area contributed by atoms with E-state index in [1.807, 2.05) is 13.8 Å². The molecule has 0 aliphatic carbocycles. The zero-order valence-corrected chi connectivity index (χ0v) is 13.5. The van der Waals surface area contributed by atoms with Crippen molar-refractivity contribution in [2.75, 3.05) is 0 Å². The maximum Gasteiger partial charge on any atom is 0.123 e. The second kappa shape index (κ2) is 6.06. The minimum Gasteiger partial charge on any atom is -0.388 e. The summed E-state index contributed by atoms with van der Waals surface area (Å²) in [7, 11) is 0. The van der Waals surface area contributed by atoms with Gasteiger partial charge in [-0.3, -0.25) is 0 Å². The SMILES string of the molecule is Cc1cc(C)c(CC(O)c2cc(F)ccc2Br)c(C)c1. The summed E-state index contributed by atoms with van der Waals surface area (Å²) in [5.74, 6) is -0.334. The molecule has 20 heavy (non-hydrogen) atoms. The van der Waals surface area contributed by atoms with Gasteiger partial charge in [0.2, 0.25) is 0 Å². The lowest BCUT2D eigenvalue weighted by atomic mass is 9.93. The van der Waals surface area contributed by atoms with E-state index in [1.54, 1.807) is 6.07 Å². The third kappa shape index (κ3) is 3.28. The van der Waals surface area contributed by atoms with Gasteiger partial charge in [0.1, 0.15) is 5.82 Å². The number of aliphatic hydroxyl groups is 1. The lowest BCUT2D eigenvalue weighted by Crippen LogP contribution is -2.06. The van der Waals surface area contributed by atoms with Gasteiger partial charge >= 0.3 is 0 Å². The second-order valence-corrected chi connectivity index (χ2v) is 6.12. The molecule has 2 aromatic rings. The first-order valence-electron chi connectivity index (χ1n) is 6.58. The van der Waals surface area contributed by atoms with Gasteiger partial charge in [-0.25, -0.2) is 4.39 Å². The number of benzene rings is 2.